The Bertz CT molecular complexity index is 790. The first-order chi connectivity index (χ1) is 9.72. The van der Waals surface area contributed by atoms with Gasteiger partial charge in [0.05, 0.1) is 16.4 Å². The molecule has 0 aliphatic carbocycles. The van der Waals surface area contributed by atoms with Crippen LogP contribution in [0.25, 0.3) is 0 Å². The summed E-state index contributed by atoms with van der Waals surface area (Å²) in [4.78, 5) is -0.382. The van der Waals surface area contributed by atoms with Gasteiger partial charge in [0.1, 0.15) is 16.5 Å². The Balaban J connectivity index is 2.50. The van der Waals surface area contributed by atoms with Crippen LogP contribution in [-0.4, -0.2) is 8.42 Å². The summed E-state index contributed by atoms with van der Waals surface area (Å²) in [6.07, 6.45) is 0. The lowest BCUT2D eigenvalue weighted by molar-refractivity contribution is 0.590. The summed E-state index contributed by atoms with van der Waals surface area (Å²) in [7, 11) is -4.24. The van der Waals surface area contributed by atoms with Crippen LogP contribution in [0.3, 0.4) is 0 Å². The van der Waals surface area contributed by atoms with Crippen LogP contribution in [0, 0.1) is 18.6 Å². The maximum Gasteiger partial charge on any atom is 0.265 e. The van der Waals surface area contributed by atoms with Crippen molar-refractivity contribution in [1.29, 1.82) is 0 Å². The summed E-state index contributed by atoms with van der Waals surface area (Å²) < 4.78 is 53.6. The quantitative estimate of drug-likeness (QED) is 0.847. The molecule has 21 heavy (non-hydrogen) atoms. The van der Waals surface area contributed by atoms with Gasteiger partial charge in [0.2, 0.25) is 0 Å². The fourth-order valence-electron chi connectivity index (χ4n) is 1.73. The maximum atomic E-state index is 13.7. The molecule has 2 aromatic carbocycles. The SMILES string of the molecule is Cc1cc(F)c(NS(=O)(=O)c2c(N)cccc2Cl)cc1F. The highest BCUT2D eigenvalue weighted by Gasteiger charge is 2.23. The minimum absolute atomic E-state index is 0.0627. The minimum atomic E-state index is -4.24. The van der Waals surface area contributed by atoms with E-state index in [4.69, 9.17) is 17.3 Å². The van der Waals surface area contributed by atoms with E-state index in [-0.39, 0.29) is 21.2 Å². The average Bonchev–Trinajstić information content (AvgIpc) is 2.35. The topological polar surface area (TPSA) is 72.2 Å². The van der Waals surface area contributed by atoms with Gasteiger partial charge in [0, 0.05) is 6.07 Å². The number of nitrogens with one attached hydrogen (secondary N) is 1. The zero-order chi connectivity index (χ0) is 15.8. The molecule has 0 saturated carbocycles. The predicted octanol–water partition coefficient (Wildman–Crippen LogP) is 3.31. The Morgan fingerprint density at radius 1 is 1.19 bits per heavy atom. The number of hydrogen-bond donors (Lipinski definition) is 2. The van der Waals surface area contributed by atoms with Crippen LogP contribution in [0.4, 0.5) is 20.2 Å². The predicted molar refractivity (Wildman–Crippen MR) is 77.8 cm³/mol. The van der Waals surface area contributed by atoms with Crippen molar-refractivity contribution >= 4 is 33.0 Å². The Morgan fingerprint density at radius 2 is 1.86 bits per heavy atom. The Kier molecular flexibility index (Phi) is 4.06. The molecule has 0 aliphatic rings. The molecule has 0 fully saturated rings. The van der Waals surface area contributed by atoms with Crippen LogP contribution < -0.4 is 10.5 Å². The molecule has 0 heterocycles. The zero-order valence-electron chi connectivity index (χ0n) is 10.8. The van der Waals surface area contributed by atoms with Gasteiger partial charge in [-0.1, -0.05) is 17.7 Å². The number of benzene rings is 2. The van der Waals surface area contributed by atoms with Crippen LogP contribution >= 0.6 is 11.6 Å². The molecule has 2 aromatic rings. The average molecular weight is 333 g/mol. The summed E-state index contributed by atoms with van der Waals surface area (Å²) in [5.41, 5.74) is 5.03. The van der Waals surface area contributed by atoms with Gasteiger partial charge in [0.15, 0.2) is 0 Å². The largest absolute Gasteiger partial charge is 0.398 e. The minimum Gasteiger partial charge on any atom is -0.398 e. The third-order valence-corrected chi connectivity index (χ3v) is 4.67. The third-order valence-electron chi connectivity index (χ3n) is 2.76. The van der Waals surface area contributed by atoms with E-state index in [2.05, 4.69) is 0 Å². The molecule has 0 saturated heterocycles. The van der Waals surface area contributed by atoms with Crippen LogP contribution in [0.5, 0.6) is 0 Å². The van der Waals surface area contributed by atoms with E-state index in [0.29, 0.717) is 0 Å². The molecule has 0 spiro atoms. The molecule has 3 N–H and O–H groups in total. The zero-order valence-corrected chi connectivity index (χ0v) is 12.4. The molecule has 0 amide bonds. The van der Waals surface area contributed by atoms with Crippen molar-refractivity contribution in [2.75, 3.05) is 10.5 Å². The van der Waals surface area contributed by atoms with E-state index >= 15 is 0 Å². The standard InChI is InChI=1S/C13H11ClF2N2O2S/c1-7-5-10(16)12(6-9(7)15)18-21(19,20)13-8(14)3-2-4-11(13)17/h2-6,18H,17H2,1H3. The number of halogens is 3. The lowest BCUT2D eigenvalue weighted by atomic mass is 10.2. The van der Waals surface area contributed by atoms with Crippen LogP contribution in [0.2, 0.25) is 5.02 Å². The molecular weight excluding hydrogens is 322 g/mol. The number of nitrogen functional groups attached to an aromatic ring is 1. The van der Waals surface area contributed by atoms with Crippen LogP contribution in [0.1, 0.15) is 5.56 Å². The molecule has 0 atom stereocenters. The number of hydrogen-bond acceptors (Lipinski definition) is 3. The second kappa shape index (κ2) is 5.50. The van der Waals surface area contributed by atoms with Gasteiger partial charge in [-0.2, -0.15) is 0 Å². The maximum absolute atomic E-state index is 13.7. The Labute approximate surface area is 125 Å². The molecule has 0 bridgehead atoms. The fourth-order valence-corrected chi connectivity index (χ4v) is 3.47. The second-order valence-corrected chi connectivity index (χ2v) is 6.37. The summed E-state index contributed by atoms with van der Waals surface area (Å²) in [6, 6.07) is 5.80. The van der Waals surface area contributed by atoms with E-state index in [0.717, 1.165) is 12.1 Å². The summed E-state index contributed by atoms with van der Waals surface area (Å²) >= 11 is 5.81. The van der Waals surface area contributed by atoms with Crippen molar-refractivity contribution in [2.45, 2.75) is 11.8 Å². The van der Waals surface area contributed by atoms with Gasteiger partial charge in [-0.25, -0.2) is 17.2 Å². The van der Waals surface area contributed by atoms with Crippen molar-refractivity contribution in [3.8, 4) is 0 Å². The first kappa shape index (κ1) is 15.5. The summed E-state index contributed by atoms with van der Waals surface area (Å²) in [6.45, 7) is 1.36. The number of aryl methyl sites for hydroxylation is 1. The lowest BCUT2D eigenvalue weighted by Gasteiger charge is -2.12. The number of nitrogens with two attached hydrogens (primary N) is 1. The third kappa shape index (κ3) is 3.08. The Morgan fingerprint density at radius 3 is 2.48 bits per heavy atom. The number of anilines is 2. The smallest absolute Gasteiger partial charge is 0.265 e. The molecule has 4 nitrogen and oxygen atoms in total. The van der Waals surface area contributed by atoms with E-state index in [9.17, 15) is 17.2 Å². The highest BCUT2D eigenvalue weighted by Crippen LogP contribution is 2.30. The van der Waals surface area contributed by atoms with Gasteiger partial charge in [0.25, 0.3) is 10.0 Å². The number of sulfonamides is 1. The highest BCUT2D eigenvalue weighted by molar-refractivity contribution is 7.93. The molecule has 2 rings (SSSR count). The van der Waals surface area contributed by atoms with Crippen LogP contribution in [0.15, 0.2) is 35.2 Å². The molecule has 0 radical (unpaired) electrons. The van der Waals surface area contributed by atoms with Crippen molar-refractivity contribution < 1.29 is 17.2 Å². The molecule has 8 heteroatoms. The molecule has 0 aromatic heterocycles. The van der Waals surface area contributed by atoms with Crippen molar-refractivity contribution in [2.24, 2.45) is 0 Å². The first-order valence-electron chi connectivity index (χ1n) is 5.75. The van der Waals surface area contributed by atoms with Gasteiger partial charge in [-0.05, 0) is 30.7 Å². The van der Waals surface area contributed by atoms with Gasteiger partial charge >= 0.3 is 0 Å². The number of rotatable bonds is 3. The van der Waals surface area contributed by atoms with E-state index < -0.39 is 27.3 Å². The highest BCUT2D eigenvalue weighted by atomic mass is 35.5. The molecule has 0 aliphatic heterocycles. The molecule has 112 valence electrons. The lowest BCUT2D eigenvalue weighted by Crippen LogP contribution is -2.16. The van der Waals surface area contributed by atoms with Gasteiger partial charge in [-0.3, -0.25) is 4.72 Å². The van der Waals surface area contributed by atoms with Gasteiger partial charge in [-0.15, -0.1) is 0 Å². The van der Waals surface area contributed by atoms with E-state index in [1.807, 2.05) is 4.72 Å². The Hall–Kier alpha value is -1.86. The van der Waals surface area contributed by atoms with Gasteiger partial charge < -0.3 is 5.73 Å². The summed E-state index contributed by atoms with van der Waals surface area (Å²) in [5, 5.41) is -0.115. The van der Waals surface area contributed by atoms with Crippen molar-refractivity contribution in [1.82, 2.24) is 0 Å². The van der Waals surface area contributed by atoms with E-state index in [1.54, 1.807) is 0 Å². The van der Waals surface area contributed by atoms with E-state index in [1.165, 1.54) is 25.1 Å². The summed E-state index contributed by atoms with van der Waals surface area (Å²) in [5.74, 6) is -1.63. The molecule has 0 unspecified atom stereocenters. The van der Waals surface area contributed by atoms with Crippen LogP contribution in [-0.2, 0) is 10.0 Å². The fraction of sp³-hybridized carbons (Fsp3) is 0.0769. The first-order valence-corrected chi connectivity index (χ1v) is 7.61. The molecular formula is C13H11ClF2N2O2S. The second-order valence-electron chi connectivity index (χ2n) is 4.34. The monoisotopic (exact) mass is 332 g/mol. The van der Waals surface area contributed by atoms with Crippen molar-refractivity contribution in [3.05, 3.63) is 52.6 Å². The normalized spacial score (nSPS) is 11.4. The van der Waals surface area contributed by atoms with Crippen molar-refractivity contribution in [3.63, 3.8) is 0 Å².